The molecule has 142 valence electrons. The molecule has 0 aliphatic rings. The maximum absolute atomic E-state index is 11.9. The Bertz CT molecular complexity index is 1130. The number of carbonyl (C=O) groups is 1. The zero-order chi connectivity index (χ0) is 19.7. The third-order valence-electron chi connectivity index (χ3n) is 4.72. The Morgan fingerprint density at radius 3 is 2.62 bits per heavy atom. The van der Waals surface area contributed by atoms with E-state index in [1.165, 1.54) is 7.05 Å². The van der Waals surface area contributed by atoms with Crippen molar-refractivity contribution in [1.29, 1.82) is 0 Å². The number of thiazole rings is 1. The number of hydrogen-bond donors (Lipinski definition) is 0. The van der Waals surface area contributed by atoms with Crippen LogP contribution in [-0.2, 0) is 11.4 Å². The average Bonchev–Trinajstić information content (AvgIpc) is 3.13. The number of hydroxylamine groups is 2. The summed E-state index contributed by atoms with van der Waals surface area (Å²) in [4.78, 5) is 16.5. The van der Waals surface area contributed by atoms with E-state index in [1.54, 1.807) is 18.3 Å². The molecule has 4 rings (SSSR count). The summed E-state index contributed by atoms with van der Waals surface area (Å²) in [5, 5.41) is 14.6. The first kappa shape index (κ1) is 21.7. The van der Waals surface area contributed by atoms with E-state index in [2.05, 4.69) is 11.1 Å². The number of amides is 1. The fourth-order valence-corrected chi connectivity index (χ4v) is 4.02. The molecule has 0 bridgehead atoms. The summed E-state index contributed by atoms with van der Waals surface area (Å²) in [7, 11) is 1.23. The van der Waals surface area contributed by atoms with Gasteiger partial charge in [0.1, 0.15) is 17.4 Å². The molecule has 0 unspecified atom stereocenters. The van der Waals surface area contributed by atoms with Crippen LogP contribution >= 0.6 is 11.3 Å². The van der Waals surface area contributed by atoms with Crippen LogP contribution in [0.1, 0.15) is 23.4 Å². The van der Waals surface area contributed by atoms with Gasteiger partial charge in [0.2, 0.25) is 5.91 Å². The molecular formula is C22H19N2NaO3S. The summed E-state index contributed by atoms with van der Waals surface area (Å²) in [6.07, 6.45) is 0. The zero-order valence-electron chi connectivity index (χ0n) is 16.6. The first-order valence-corrected chi connectivity index (χ1v) is 9.78. The number of likely N-dealkylation sites (N-methyl/N-ethyl adjacent to an activating group) is 1. The number of benzene rings is 3. The monoisotopic (exact) mass is 414 g/mol. The number of hydrogen-bond acceptors (Lipinski definition) is 5. The molecule has 7 heteroatoms. The number of carbonyl (C=O) groups excluding carboxylic acids is 1. The van der Waals surface area contributed by atoms with Gasteiger partial charge in [-0.15, -0.1) is 11.3 Å². The molecule has 29 heavy (non-hydrogen) atoms. The van der Waals surface area contributed by atoms with Gasteiger partial charge in [0, 0.05) is 0 Å². The quantitative estimate of drug-likeness (QED) is 0.371. The van der Waals surface area contributed by atoms with E-state index in [4.69, 9.17) is 4.74 Å². The second-order valence-corrected chi connectivity index (χ2v) is 7.80. The van der Waals surface area contributed by atoms with Gasteiger partial charge in [0.05, 0.1) is 16.1 Å². The van der Waals surface area contributed by atoms with Crippen molar-refractivity contribution in [3.05, 3.63) is 76.4 Å². The van der Waals surface area contributed by atoms with Crippen LogP contribution in [0.5, 0.6) is 5.75 Å². The van der Waals surface area contributed by atoms with E-state index < -0.39 is 11.8 Å². The third-order valence-corrected chi connectivity index (χ3v) is 5.73. The maximum Gasteiger partial charge on any atom is 1.00 e. The molecule has 3 aromatic carbocycles. The molecule has 0 aliphatic carbocycles. The van der Waals surface area contributed by atoms with E-state index in [-0.39, 0.29) is 29.6 Å². The van der Waals surface area contributed by atoms with Gasteiger partial charge in [0.25, 0.3) is 0 Å². The summed E-state index contributed by atoms with van der Waals surface area (Å²) >= 11 is 1.63. The normalized spacial score (nSPS) is 11.8. The van der Waals surface area contributed by atoms with Crippen molar-refractivity contribution >= 4 is 38.2 Å². The number of rotatable bonds is 5. The van der Waals surface area contributed by atoms with Crippen molar-refractivity contribution in [2.45, 2.75) is 19.4 Å². The summed E-state index contributed by atoms with van der Waals surface area (Å²) < 4.78 is 7.08. The second-order valence-electron chi connectivity index (χ2n) is 6.69. The summed E-state index contributed by atoms with van der Waals surface area (Å²) in [5.74, 6) is -0.153. The molecule has 5 nitrogen and oxygen atoms in total. The Kier molecular flexibility index (Phi) is 6.93. The van der Waals surface area contributed by atoms with E-state index in [1.807, 2.05) is 54.6 Å². The molecule has 0 saturated carbocycles. The molecule has 0 aliphatic heterocycles. The molecule has 0 N–H and O–H groups in total. The summed E-state index contributed by atoms with van der Waals surface area (Å²) in [6.45, 7) is 2.16. The average molecular weight is 414 g/mol. The van der Waals surface area contributed by atoms with Crippen molar-refractivity contribution < 1.29 is 39.1 Å². The van der Waals surface area contributed by atoms with E-state index in [9.17, 15) is 10.0 Å². The summed E-state index contributed by atoms with van der Waals surface area (Å²) in [6, 6.07) is 19.7. The zero-order valence-corrected chi connectivity index (χ0v) is 19.4. The molecule has 1 amide bonds. The van der Waals surface area contributed by atoms with Gasteiger partial charge in [-0.2, -0.15) is 0 Å². The molecule has 1 heterocycles. The minimum absolute atomic E-state index is 0. The molecule has 1 aromatic heterocycles. The molecule has 0 saturated heterocycles. The largest absolute Gasteiger partial charge is 1.00 e. The molecule has 4 aromatic rings. The van der Waals surface area contributed by atoms with Gasteiger partial charge in [-0.25, -0.2) is 4.98 Å². The predicted molar refractivity (Wildman–Crippen MR) is 112 cm³/mol. The van der Waals surface area contributed by atoms with E-state index >= 15 is 0 Å². The van der Waals surface area contributed by atoms with Gasteiger partial charge in [-0.1, -0.05) is 36.4 Å². The van der Waals surface area contributed by atoms with Gasteiger partial charge < -0.3 is 15.0 Å². The van der Waals surface area contributed by atoms with Crippen molar-refractivity contribution in [1.82, 2.24) is 10.0 Å². The SMILES string of the molecule is C[C@H](C(=O)N(C)[O-])c1ccc2cc(OCc3nc4ccccc4s3)ccc2c1.[Na+]. The number of nitrogens with zero attached hydrogens (tertiary/aromatic N) is 2. The Labute approximate surface area is 195 Å². The van der Waals surface area contributed by atoms with E-state index in [0.29, 0.717) is 11.7 Å². The molecular weight excluding hydrogens is 395 g/mol. The second kappa shape index (κ2) is 9.24. The standard InChI is InChI=1S/C22H19N2O3S.Na/c1-14(22(25)24(2)26)15-7-8-17-12-18(10-9-16(17)11-15)27-13-21-23-19-5-3-4-6-20(19)28-21;/h3-12,14H,13H2,1-2H3;/q-1;+1/t14-;/m0./s1. The summed E-state index contributed by atoms with van der Waals surface area (Å²) in [5.41, 5.74) is 1.81. The van der Waals surface area contributed by atoms with Crippen LogP contribution in [0, 0.1) is 5.21 Å². The van der Waals surface area contributed by atoms with Gasteiger partial charge in [0.15, 0.2) is 0 Å². The smallest absolute Gasteiger partial charge is 0.756 e. The first-order valence-electron chi connectivity index (χ1n) is 8.97. The fourth-order valence-electron chi connectivity index (χ4n) is 3.14. The van der Waals surface area contributed by atoms with E-state index in [0.717, 1.165) is 37.3 Å². The fraction of sp³-hybridized carbons (Fsp3) is 0.182. The topological polar surface area (TPSA) is 65.5 Å². The van der Waals surface area contributed by atoms with Crippen molar-refractivity contribution in [2.75, 3.05) is 7.05 Å². The van der Waals surface area contributed by atoms with Crippen molar-refractivity contribution in [3.8, 4) is 5.75 Å². The third kappa shape index (κ3) is 4.79. The molecule has 0 spiro atoms. The first-order chi connectivity index (χ1) is 13.5. The van der Waals surface area contributed by atoms with Crippen LogP contribution in [-0.4, -0.2) is 23.0 Å². The van der Waals surface area contributed by atoms with Crippen molar-refractivity contribution in [2.24, 2.45) is 0 Å². The molecule has 0 radical (unpaired) electrons. The van der Waals surface area contributed by atoms with Gasteiger partial charge in [-0.3, -0.25) is 4.79 Å². The van der Waals surface area contributed by atoms with Crippen LogP contribution in [0.4, 0.5) is 0 Å². The number of ether oxygens (including phenoxy) is 1. The predicted octanol–water partition coefficient (Wildman–Crippen LogP) is 2.09. The maximum atomic E-state index is 11.9. The van der Waals surface area contributed by atoms with Crippen LogP contribution in [0.2, 0.25) is 0 Å². The number of para-hydroxylation sites is 1. The number of fused-ring (bicyclic) bond motifs is 2. The van der Waals surface area contributed by atoms with Crippen LogP contribution in [0.3, 0.4) is 0 Å². The Morgan fingerprint density at radius 1 is 1.14 bits per heavy atom. The minimum Gasteiger partial charge on any atom is -0.756 e. The van der Waals surface area contributed by atoms with Crippen LogP contribution in [0.25, 0.3) is 21.0 Å². The Balaban J connectivity index is 0.00000240. The van der Waals surface area contributed by atoms with Crippen LogP contribution in [0.15, 0.2) is 60.7 Å². The van der Waals surface area contributed by atoms with Gasteiger partial charge >= 0.3 is 29.6 Å². The van der Waals surface area contributed by atoms with Crippen molar-refractivity contribution in [3.63, 3.8) is 0 Å². The van der Waals surface area contributed by atoms with Gasteiger partial charge in [-0.05, 0) is 54.6 Å². The Morgan fingerprint density at radius 2 is 1.86 bits per heavy atom. The molecule has 1 atom stereocenters. The van der Waals surface area contributed by atoms with Crippen LogP contribution < -0.4 is 34.3 Å². The minimum atomic E-state index is -0.470. The molecule has 0 fully saturated rings. The number of aromatic nitrogens is 1. The Hall–Kier alpha value is -1.96.